The fourth-order valence-corrected chi connectivity index (χ4v) is 5.02. The Morgan fingerprint density at radius 3 is 2.57 bits per heavy atom. The smallest absolute Gasteiger partial charge is 0.176 e. The number of thioether (sulfide) groups is 1. The van der Waals surface area contributed by atoms with Gasteiger partial charge in [-0.3, -0.25) is 0 Å². The lowest BCUT2D eigenvalue weighted by molar-refractivity contribution is 0.244. The summed E-state index contributed by atoms with van der Waals surface area (Å²) >= 11 is 7.63. The number of benzene rings is 1. The number of nitrogens with one attached hydrogen (secondary N) is 1. The molecule has 0 amide bonds. The van der Waals surface area contributed by atoms with Crippen LogP contribution in [-0.4, -0.2) is 58.6 Å². The van der Waals surface area contributed by atoms with Crippen LogP contribution in [0.15, 0.2) is 21.9 Å². The molecule has 0 saturated carbocycles. The van der Waals surface area contributed by atoms with E-state index < -0.39 is 9.84 Å². The number of nitrogens with zero attached hydrogens (tertiary/aromatic N) is 1. The van der Waals surface area contributed by atoms with Crippen LogP contribution in [0.25, 0.3) is 0 Å². The maximum atomic E-state index is 11.9. The minimum absolute atomic E-state index is 0.345. The molecule has 118 valence electrons. The summed E-state index contributed by atoms with van der Waals surface area (Å²) in [6.07, 6.45) is 3.89. The summed E-state index contributed by atoms with van der Waals surface area (Å²) in [5, 5.41) is 3.85. The molecule has 21 heavy (non-hydrogen) atoms. The van der Waals surface area contributed by atoms with Gasteiger partial charge in [-0.15, -0.1) is 11.8 Å². The second kappa shape index (κ2) is 7.33. The normalized spacial score (nSPS) is 17.1. The van der Waals surface area contributed by atoms with E-state index in [1.807, 2.05) is 12.3 Å². The van der Waals surface area contributed by atoms with Crippen LogP contribution in [0.1, 0.15) is 5.56 Å². The van der Waals surface area contributed by atoms with E-state index in [0.29, 0.717) is 14.8 Å². The molecule has 1 aromatic rings. The number of rotatable bonds is 5. The Labute approximate surface area is 136 Å². The Morgan fingerprint density at radius 2 is 2.00 bits per heavy atom. The van der Waals surface area contributed by atoms with E-state index in [-0.39, 0.29) is 0 Å². The highest BCUT2D eigenvalue weighted by molar-refractivity contribution is 7.99. The maximum absolute atomic E-state index is 11.9. The Balaban J connectivity index is 2.18. The molecule has 0 aliphatic carbocycles. The van der Waals surface area contributed by atoms with E-state index >= 15 is 0 Å². The van der Waals surface area contributed by atoms with Gasteiger partial charge < -0.3 is 10.2 Å². The van der Waals surface area contributed by atoms with Crippen molar-refractivity contribution in [3.05, 3.63) is 22.7 Å². The molecule has 1 aliphatic rings. The lowest BCUT2D eigenvalue weighted by Crippen LogP contribution is -2.44. The van der Waals surface area contributed by atoms with Crippen molar-refractivity contribution in [2.75, 3.05) is 45.2 Å². The highest BCUT2D eigenvalue weighted by Gasteiger charge is 2.18. The highest BCUT2D eigenvalue weighted by Crippen LogP contribution is 2.33. The molecular weight excluding hydrogens is 328 g/mol. The molecule has 0 unspecified atom stereocenters. The lowest BCUT2D eigenvalue weighted by atomic mass is 10.1. The van der Waals surface area contributed by atoms with E-state index in [9.17, 15) is 8.42 Å². The quantitative estimate of drug-likeness (QED) is 0.824. The van der Waals surface area contributed by atoms with Crippen molar-refractivity contribution in [2.24, 2.45) is 0 Å². The molecule has 1 aromatic carbocycles. The lowest BCUT2D eigenvalue weighted by Gasteiger charge is -2.27. The molecule has 0 bridgehead atoms. The highest BCUT2D eigenvalue weighted by atomic mass is 35.5. The Bertz CT molecular complexity index is 599. The summed E-state index contributed by atoms with van der Waals surface area (Å²) in [5.74, 6) is 0. The Hall–Kier alpha value is -0.270. The maximum Gasteiger partial charge on any atom is 0.176 e. The van der Waals surface area contributed by atoms with E-state index in [2.05, 4.69) is 10.2 Å². The molecule has 7 heteroatoms. The number of hydrogen-bond acceptors (Lipinski definition) is 5. The van der Waals surface area contributed by atoms with Crippen LogP contribution < -0.4 is 5.32 Å². The molecule has 4 nitrogen and oxygen atoms in total. The molecule has 1 N–H and O–H groups in total. The van der Waals surface area contributed by atoms with Crippen LogP contribution >= 0.6 is 23.4 Å². The molecule has 1 aliphatic heterocycles. The monoisotopic (exact) mass is 348 g/mol. The predicted molar refractivity (Wildman–Crippen MR) is 89.4 cm³/mol. The average Bonchev–Trinajstić information content (AvgIpc) is 2.44. The van der Waals surface area contributed by atoms with Gasteiger partial charge in [-0.2, -0.15) is 0 Å². The third-order valence-corrected chi connectivity index (χ3v) is 6.11. The molecule has 1 heterocycles. The van der Waals surface area contributed by atoms with E-state index in [4.69, 9.17) is 11.6 Å². The van der Waals surface area contributed by atoms with Gasteiger partial charge in [0.25, 0.3) is 0 Å². The Kier molecular flexibility index (Phi) is 5.96. The standard InChI is InChI=1S/C14H21ClN2O2S2/c1-20-14-12(15)9-11(10-13(14)21(2,18)19)3-6-17-7-4-16-5-8-17/h9-10,16H,3-8H2,1-2H3. The first-order valence-electron chi connectivity index (χ1n) is 6.91. The van der Waals surface area contributed by atoms with E-state index in [0.717, 1.165) is 44.7 Å². The largest absolute Gasteiger partial charge is 0.314 e. The summed E-state index contributed by atoms with van der Waals surface area (Å²) in [6.45, 7) is 5.03. The van der Waals surface area contributed by atoms with Crippen molar-refractivity contribution < 1.29 is 8.42 Å². The van der Waals surface area contributed by atoms with Gasteiger partial charge in [-0.05, 0) is 30.4 Å². The van der Waals surface area contributed by atoms with Gasteiger partial charge in [-0.1, -0.05) is 11.6 Å². The summed E-state index contributed by atoms with van der Waals surface area (Å²) < 4.78 is 23.9. The zero-order chi connectivity index (χ0) is 15.5. The van der Waals surface area contributed by atoms with Gasteiger partial charge in [0.05, 0.1) is 9.92 Å². The third-order valence-electron chi connectivity index (χ3n) is 3.60. The van der Waals surface area contributed by atoms with Crippen LogP contribution in [0, 0.1) is 0 Å². The molecule has 0 aromatic heterocycles. The van der Waals surface area contributed by atoms with Crippen LogP contribution in [-0.2, 0) is 16.3 Å². The summed E-state index contributed by atoms with van der Waals surface area (Å²) in [5.41, 5.74) is 0.983. The van der Waals surface area contributed by atoms with Crippen molar-refractivity contribution in [1.29, 1.82) is 0 Å². The van der Waals surface area contributed by atoms with Crippen molar-refractivity contribution in [3.63, 3.8) is 0 Å². The summed E-state index contributed by atoms with van der Waals surface area (Å²) in [4.78, 5) is 3.37. The van der Waals surface area contributed by atoms with Gasteiger partial charge in [0.1, 0.15) is 0 Å². The van der Waals surface area contributed by atoms with Crippen molar-refractivity contribution >= 4 is 33.2 Å². The SMILES string of the molecule is CSc1c(Cl)cc(CCN2CCNCC2)cc1S(C)(=O)=O. The topological polar surface area (TPSA) is 49.4 Å². The zero-order valence-corrected chi connectivity index (χ0v) is 14.7. The van der Waals surface area contributed by atoms with Gasteiger partial charge in [0, 0.05) is 43.9 Å². The van der Waals surface area contributed by atoms with Crippen LogP contribution in [0.2, 0.25) is 5.02 Å². The molecule has 0 spiro atoms. The number of sulfone groups is 1. The summed E-state index contributed by atoms with van der Waals surface area (Å²) in [6, 6.07) is 3.67. The molecule has 1 saturated heterocycles. The van der Waals surface area contributed by atoms with Crippen molar-refractivity contribution in [2.45, 2.75) is 16.2 Å². The number of piperazine rings is 1. The second-order valence-electron chi connectivity index (χ2n) is 5.22. The van der Waals surface area contributed by atoms with Gasteiger partial charge >= 0.3 is 0 Å². The fraction of sp³-hybridized carbons (Fsp3) is 0.571. The first-order chi connectivity index (χ1) is 9.91. The number of hydrogen-bond donors (Lipinski definition) is 1. The summed E-state index contributed by atoms with van der Waals surface area (Å²) in [7, 11) is -3.26. The molecule has 0 atom stereocenters. The molecule has 0 radical (unpaired) electrons. The van der Waals surface area contributed by atoms with Crippen molar-refractivity contribution in [1.82, 2.24) is 10.2 Å². The van der Waals surface area contributed by atoms with Crippen molar-refractivity contribution in [3.8, 4) is 0 Å². The van der Waals surface area contributed by atoms with E-state index in [1.54, 1.807) is 6.07 Å². The van der Waals surface area contributed by atoms with Gasteiger partial charge in [0.2, 0.25) is 0 Å². The number of halogens is 1. The minimum atomic E-state index is -3.26. The zero-order valence-electron chi connectivity index (χ0n) is 12.4. The minimum Gasteiger partial charge on any atom is -0.314 e. The third kappa shape index (κ3) is 4.60. The predicted octanol–water partition coefficient (Wildman–Crippen LogP) is 1.91. The first kappa shape index (κ1) is 17.1. The Morgan fingerprint density at radius 1 is 1.33 bits per heavy atom. The van der Waals surface area contributed by atoms with Gasteiger partial charge in [-0.25, -0.2) is 8.42 Å². The molecule has 2 rings (SSSR count). The van der Waals surface area contributed by atoms with E-state index in [1.165, 1.54) is 18.0 Å². The molecular formula is C14H21ClN2O2S2. The van der Waals surface area contributed by atoms with Crippen LogP contribution in [0.4, 0.5) is 0 Å². The van der Waals surface area contributed by atoms with Crippen LogP contribution in [0.3, 0.4) is 0 Å². The van der Waals surface area contributed by atoms with Gasteiger partial charge in [0.15, 0.2) is 9.84 Å². The first-order valence-corrected chi connectivity index (χ1v) is 10.4. The second-order valence-corrected chi connectivity index (χ2v) is 8.43. The molecule has 1 fully saturated rings. The fourth-order valence-electron chi connectivity index (χ4n) is 2.46. The van der Waals surface area contributed by atoms with Crippen LogP contribution in [0.5, 0.6) is 0 Å². The average molecular weight is 349 g/mol.